The first-order valence-electron chi connectivity index (χ1n) is 10.3. The average Bonchev–Trinajstić information content (AvgIpc) is 2.70. The number of likely N-dealkylation sites (N-methyl/N-ethyl adjacent to an activating group) is 1. The molecule has 1 saturated heterocycles. The van der Waals surface area contributed by atoms with E-state index < -0.39 is 0 Å². The highest BCUT2D eigenvalue weighted by Crippen LogP contribution is 2.23. The van der Waals surface area contributed by atoms with E-state index in [2.05, 4.69) is 41.5 Å². The molecule has 2 heterocycles. The van der Waals surface area contributed by atoms with Gasteiger partial charge < -0.3 is 15.5 Å². The molecule has 1 unspecified atom stereocenters. The maximum atomic E-state index is 9.28. The minimum absolute atomic E-state index is 0.509. The number of hydrogen-bond acceptors (Lipinski definition) is 6. The molecule has 1 aliphatic rings. The van der Waals surface area contributed by atoms with E-state index in [0.29, 0.717) is 17.6 Å². The third kappa shape index (κ3) is 4.99. The molecule has 6 nitrogen and oxygen atoms in total. The summed E-state index contributed by atoms with van der Waals surface area (Å²) in [5.74, 6) is 1.58. The van der Waals surface area contributed by atoms with Crippen molar-refractivity contribution in [3.05, 3.63) is 41.1 Å². The predicted molar refractivity (Wildman–Crippen MR) is 114 cm³/mol. The van der Waals surface area contributed by atoms with E-state index in [1.807, 2.05) is 25.1 Å². The van der Waals surface area contributed by atoms with E-state index in [-0.39, 0.29) is 0 Å². The molecule has 0 amide bonds. The van der Waals surface area contributed by atoms with E-state index in [1.165, 1.54) is 6.42 Å². The van der Waals surface area contributed by atoms with Crippen molar-refractivity contribution >= 4 is 17.5 Å². The van der Waals surface area contributed by atoms with Gasteiger partial charge in [0.15, 0.2) is 0 Å². The molecular weight excluding hydrogens is 348 g/mol. The quantitative estimate of drug-likeness (QED) is 0.760. The van der Waals surface area contributed by atoms with E-state index in [9.17, 15) is 5.26 Å². The highest BCUT2D eigenvalue weighted by molar-refractivity contribution is 5.59. The number of aryl methyl sites for hydroxylation is 2. The van der Waals surface area contributed by atoms with Crippen molar-refractivity contribution in [2.24, 2.45) is 0 Å². The van der Waals surface area contributed by atoms with Gasteiger partial charge in [0.25, 0.3) is 0 Å². The maximum Gasteiger partial charge on any atom is 0.229 e. The lowest BCUT2D eigenvalue weighted by Gasteiger charge is -2.34. The molecule has 2 aromatic rings. The molecule has 0 saturated carbocycles. The number of nitrogens with one attached hydrogen (secondary N) is 2. The normalized spacial score (nSPS) is 16.6. The van der Waals surface area contributed by atoms with Gasteiger partial charge in [-0.05, 0) is 50.4 Å². The summed E-state index contributed by atoms with van der Waals surface area (Å²) in [4.78, 5) is 11.9. The zero-order valence-corrected chi connectivity index (χ0v) is 17.1. The molecule has 1 aliphatic heterocycles. The van der Waals surface area contributed by atoms with Crippen LogP contribution in [0.2, 0.25) is 0 Å². The molecular formula is C22H30N6. The van der Waals surface area contributed by atoms with Gasteiger partial charge in [-0.1, -0.05) is 26.3 Å². The minimum atomic E-state index is 0.509. The summed E-state index contributed by atoms with van der Waals surface area (Å²) in [6, 6.07) is 10.6. The van der Waals surface area contributed by atoms with Gasteiger partial charge in [0.1, 0.15) is 5.82 Å². The van der Waals surface area contributed by atoms with Crippen LogP contribution in [0.4, 0.5) is 17.5 Å². The Labute approximate surface area is 168 Å². The first-order chi connectivity index (χ1) is 13.6. The van der Waals surface area contributed by atoms with Crippen LogP contribution in [0.15, 0.2) is 24.3 Å². The Bertz CT molecular complexity index is 839. The smallest absolute Gasteiger partial charge is 0.229 e. The standard InChI is InChI=1S/C22H30N6/c1-4-7-18-13-21(28-11-6-8-20(15-28)24-5-2)27-22(25-18)26-19-10-9-16(3)17(12-19)14-23/h9-10,12-13,20,24H,4-8,11,15H2,1-3H3,(H,25,26,27). The van der Waals surface area contributed by atoms with Gasteiger partial charge in [0.2, 0.25) is 5.95 Å². The predicted octanol–water partition coefficient (Wildman–Crippen LogP) is 3.93. The van der Waals surface area contributed by atoms with Crippen LogP contribution in [0.5, 0.6) is 0 Å². The van der Waals surface area contributed by atoms with Crippen molar-refractivity contribution < 1.29 is 0 Å². The van der Waals surface area contributed by atoms with E-state index in [1.54, 1.807) is 0 Å². The van der Waals surface area contributed by atoms with Gasteiger partial charge >= 0.3 is 0 Å². The van der Waals surface area contributed by atoms with E-state index >= 15 is 0 Å². The lowest BCUT2D eigenvalue weighted by Crippen LogP contribution is -2.46. The van der Waals surface area contributed by atoms with Crippen LogP contribution in [0.25, 0.3) is 0 Å². The summed E-state index contributed by atoms with van der Waals surface area (Å²) in [5.41, 5.74) is 3.52. The molecule has 0 bridgehead atoms. The number of nitrogens with zero attached hydrogens (tertiary/aromatic N) is 4. The Hall–Kier alpha value is -2.65. The third-order valence-electron chi connectivity index (χ3n) is 5.12. The second-order valence-electron chi connectivity index (χ2n) is 7.40. The fourth-order valence-electron chi connectivity index (χ4n) is 3.68. The molecule has 148 valence electrons. The Morgan fingerprint density at radius 3 is 2.86 bits per heavy atom. The van der Waals surface area contributed by atoms with Crippen LogP contribution in [0.3, 0.4) is 0 Å². The van der Waals surface area contributed by atoms with Crippen LogP contribution in [0, 0.1) is 18.3 Å². The van der Waals surface area contributed by atoms with Gasteiger partial charge in [0, 0.05) is 36.6 Å². The number of rotatable bonds is 7. The second kappa shape index (κ2) is 9.52. The van der Waals surface area contributed by atoms with Crippen LogP contribution >= 0.6 is 0 Å². The monoisotopic (exact) mass is 378 g/mol. The fourth-order valence-corrected chi connectivity index (χ4v) is 3.68. The summed E-state index contributed by atoms with van der Waals surface area (Å²) in [6.07, 6.45) is 4.34. The van der Waals surface area contributed by atoms with Crippen molar-refractivity contribution in [2.75, 3.05) is 29.9 Å². The molecule has 2 N–H and O–H groups in total. The second-order valence-corrected chi connectivity index (χ2v) is 7.40. The van der Waals surface area contributed by atoms with Crippen LogP contribution in [-0.4, -0.2) is 35.6 Å². The largest absolute Gasteiger partial charge is 0.355 e. The Kier molecular flexibility index (Phi) is 6.83. The SMILES string of the molecule is CCCc1cc(N2CCCC(NCC)C2)nc(Nc2ccc(C)c(C#N)c2)n1. The molecule has 0 radical (unpaired) electrons. The maximum absolute atomic E-state index is 9.28. The van der Waals surface area contributed by atoms with Gasteiger partial charge in [-0.15, -0.1) is 0 Å². The topological polar surface area (TPSA) is 76.9 Å². The van der Waals surface area contributed by atoms with Crippen LogP contribution < -0.4 is 15.5 Å². The summed E-state index contributed by atoms with van der Waals surface area (Å²) in [7, 11) is 0. The number of piperidine rings is 1. The molecule has 0 spiro atoms. The number of hydrogen-bond donors (Lipinski definition) is 2. The van der Waals surface area contributed by atoms with Gasteiger partial charge in [-0.3, -0.25) is 0 Å². The summed E-state index contributed by atoms with van der Waals surface area (Å²) < 4.78 is 0. The molecule has 0 aliphatic carbocycles. The number of anilines is 3. The van der Waals surface area contributed by atoms with Crippen molar-refractivity contribution in [3.63, 3.8) is 0 Å². The van der Waals surface area contributed by atoms with Crippen molar-refractivity contribution in [1.29, 1.82) is 5.26 Å². The lowest BCUT2D eigenvalue weighted by molar-refractivity contribution is 0.429. The van der Waals surface area contributed by atoms with Crippen LogP contribution in [0.1, 0.15) is 49.9 Å². The van der Waals surface area contributed by atoms with Crippen LogP contribution in [-0.2, 0) is 6.42 Å². The first-order valence-corrected chi connectivity index (χ1v) is 10.3. The molecule has 6 heteroatoms. The van der Waals surface area contributed by atoms with E-state index in [4.69, 9.17) is 9.97 Å². The molecule has 1 aromatic carbocycles. The van der Waals surface area contributed by atoms with E-state index in [0.717, 1.165) is 61.7 Å². The van der Waals surface area contributed by atoms with Crippen molar-refractivity contribution in [2.45, 2.75) is 52.5 Å². The number of nitriles is 1. The van der Waals surface area contributed by atoms with Gasteiger partial charge in [-0.2, -0.15) is 10.2 Å². The Morgan fingerprint density at radius 2 is 2.11 bits per heavy atom. The zero-order valence-electron chi connectivity index (χ0n) is 17.1. The Morgan fingerprint density at radius 1 is 1.25 bits per heavy atom. The van der Waals surface area contributed by atoms with Gasteiger partial charge in [-0.25, -0.2) is 4.98 Å². The molecule has 1 fully saturated rings. The fraction of sp³-hybridized carbons (Fsp3) is 0.500. The average molecular weight is 379 g/mol. The molecule has 3 rings (SSSR count). The van der Waals surface area contributed by atoms with Crippen molar-refractivity contribution in [3.8, 4) is 6.07 Å². The summed E-state index contributed by atoms with van der Waals surface area (Å²) in [6.45, 7) is 9.24. The summed E-state index contributed by atoms with van der Waals surface area (Å²) in [5, 5.41) is 16.2. The number of aromatic nitrogens is 2. The third-order valence-corrected chi connectivity index (χ3v) is 5.12. The molecule has 1 atom stereocenters. The van der Waals surface area contributed by atoms with Gasteiger partial charge in [0.05, 0.1) is 11.6 Å². The lowest BCUT2D eigenvalue weighted by atomic mass is 10.1. The molecule has 28 heavy (non-hydrogen) atoms. The highest BCUT2D eigenvalue weighted by atomic mass is 15.2. The first kappa shape index (κ1) is 20.1. The zero-order chi connectivity index (χ0) is 19.9. The highest BCUT2D eigenvalue weighted by Gasteiger charge is 2.21. The summed E-state index contributed by atoms with van der Waals surface area (Å²) >= 11 is 0. The Balaban J connectivity index is 1.86. The molecule has 1 aromatic heterocycles. The minimum Gasteiger partial charge on any atom is -0.355 e. The number of benzene rings is 1. The van der Waals surface area contributed by atoms with Crippen molar-refractivity contribution in [1.82, 2.24) is 15.3 Å².